The number of nitrogens with one attached hydrogen (secondary N) is 1. The van der Waals surface area contributed by atoms with Crippen molar-refractivity contribution in [3.8, 4) is 0 Å². The zero-order chi connectivity index (χ0) is 12.8. The van der Waals surface area contributed by atoms with E-state index >= 15 is 0 Å². The lowest BCUT2D eigenvalue weighted by atomic mass is 10.2. The Labute approximate surface area is 110 Å². The minimum atomic E-state index is -0.155. The molecule has 0 saturated carbocycles. The van der Waals surface area contributed by atoms with Crippen molar-refractivity contribution >= 4 is 40.5 Å². The van der Waals surface area contributed by atoms with Crippen LogP contribution in [-0.4, -0.2) is 19.6 Å². The van der Waals surface area contributed by atoms with Gasteiger partial charge >= 0.3 is 0 Å². The maximum Gasteiger partial charge on any atom is 0.224 e. The van der Waals surface area contributed by atoms with Crippen LogP contribution in [0.2, 0.25) is 10.0 Å². The highest BCUT2D eigenvalue weighted by Gasteiger charge is 2.10. The number of carbonyl (C=O) groups is 1. The molecule has 0 aliphatic rings. The van der Waals surface area contributed by atoms with Gasteiger partial charge in [-0.1, -0.05) is 23.2 Å². The summed E-state index contributed by atoms with van der Waals surface area (Å²) in [4.78, 5) is 11.6. The SMILES string of the molecule is COCCCC(=O)Nc1c(N)cc(Cl)cc1Cl. The van der Waals surface area contributed by atoms with Gasteiger partial charge in [0.1, 0.15) is 0 Å². The lowest BCUT2D eigenvalue weighted by molar-refractivity contribution is -0.116. The van der Waals surface area contributed by atoms with Gasteiger partial charge in [-0.15, -0.1) is 0 Å². The number of methoxy groups -OCH3 is 1. The van der Waals surface area contributed by atoms with E-state index in [1.807, 2.05) is 0 Å². The quantitative estimate of drug-likeness (QED) is 0.642. The molecule has 0 aliphatic heterocycles. The molecule has 0 bridgehead atoms. The van der Waals surface area contributed by atoms with E-state index < -0.39 is 0 Å². The van der Waals surface area contributed by atoms with Crippen LogP contribution >= 0.6 is 23.2 Å². The van der Waals surface area contributed by atoms with Crippen molar-refractivity contribution in [2.45, 2.75) is 12.8 Å². The van der Waals surface area contributed by atoms with Gasteiger partial charge in [-0.25, -0.2) is 0 Å². The highest BCUT2D eigenvalue weighted by molar-refractivity contribution is 6.37. The first-order valence-electron chi connectivity index (χ1n) is 5.08. The molecule has 0 saturated heterocycles. The van der Waals surface area contributed by atoms with Gasteiger partial charge < -0.3 is 15.8 Å². The average molecular weight is 277 g/mol. The van der Waals surface area contributed by atoms with Crippen LogP contribution in [-0.2, 0) is 9.53 Å². The van der Waals surface area contributed by atoms with Crippen molar-refractivity contribution in [1.29, 1.82) is 0 Å². The first kappa shape index (κ1) is 14.1. The molecule has 0 unspecified atom stereocenters. The van der Waals surface area contributed by atoms with Crippen LogP contribution in [0.3, 0.4) is 0 Å². The number of nitrogens with two attached hydrogens (primary N) is 1. The molecule has 1 amide bonds. The Morgan fingerprint density at radius 3 is 2.76 bits per heavy atom. The topological polar surface area (TPSA) is 64.3 Å². The standard InChI is InChI=1S/C11H14Cl2N2O2/c1-17-4-2-3-10(16)15-11-8(13)5-7(12)6-9(11)14/h5-6H,2-4,14H2,1H3,(H,15,16). The fourth-order valence-corrected chi connectivity index (χ4v) is 1.86. The summed E-state index contributed by atoms with van der Waals surface area (Å²) < 4.78 is 4.86. The number of anilines is 2. The van der Waals surface area contributed by atoms with E-state index in [2.05, 4.69) is 5.32 Å². The highest BCUT2D eigenvalue weighted by Crippen LogP contribution is 2.32. The summed E-state index contributed by atoms with van der Waals surface area (Å²) in [5.74, 6) is -0.155. The van der Waals surface area contributed by atoms with Gasteiger partial charge in [-0.2, -0.15) is 0 Å². The van der Waals surface area contributed by atoms with Crippen molar-refractivity contribution < 1.29 is 9.53 Å². The van der Waals surface area contributed by atoms with E-state index in [0.29, 0.717) is 40.9 Å². The van der Waals surface area contributed by atoms with Crippen LogP contribution in [0.25, 0.3) is 0 Å². The Kier molecular flexibility index (Phi) is 5.55. The third-order valence-electron chi connectivity index (χ3n) is 2.10. The number of rotatable bonds is 5. The molecule has 17 heavy (non-hydrogen) atoms. The van der Waals surface area contributed by atoms with Gasteiger partial charge in [0.2, 0.25) is 5.91 Å². The van der Waals surface area contributed by atoms with E-state index in [1.165, 1.54) is 12.1 Å². The molecular weight excluding hydrogens is 263 g/mol. The van der Waals surface area contributed by atoms with Gasteiger partial charge in [-0.3, -0.25) is 4.79 Å². The molecule has 6 heteroatoms. The van der Waals surface area contributed by atoms with Crippen LogP contribution in [0.5, 0.6) is 0 Å². The molecule has 0 atom stereocenters. The summed E-state index contributed by atoms with van der Waals surface area (Å²) in [5.41, 5.74) is 6.47. The van der Waals surface area contributed by atoms with Gasteiger partial charge in [-0.05, 0) is 18.6 Å². The smallest absolute Gasteiger partial charge is 0.224 e. The predicted octanol–water partition coefficient (Wildman–Crippen LogP) is 2.94. The number of halogens is 2. The molecule has 0 aliphatic carbocycles. The van der Waals surface area contributed by atoms with Crippen molar-refractivity contribution in [3.05, 3.63) is 22.2 Å². The molecule has 0 radical (unpaired) electrons. The first-order chi connectivity index (χ1) is 8.04. The van der Waals surface area contributed by atoms with E-state index in [-0.39, 0.29) is 5.91 Å². The highest BCUT2D eigenvalue weighted by atomic mass is 35.5. The average Bonchev–Trinajstić information content (AvgIpc) is 2.24. The summed E-state index contributed by atoms with van der Waals surface area (Å²) in [6.45, 7) is 0.539. The Bertz CT molecular complexity index is 387. The lowest BCUT2D eigenvalue weighted by Gasteiger charge is -2.10. The van der Waals surface area contributed by atoms with Crippen molar-refractivity contribution in [2.24, 2.45) is 0 Å². The Hall–Kier alpha value is -0.970. The zero-order valence-electron chi connectivity index (χ0n) is 9.43. The monoisotopic (exact) mass is 276 g/mol. The molecule has 1 aromatic rings. The maximum atomic E-state index is 11.6. The number of nitrogen functional groups attached to an aromatic ring is 1. The van der Waals surface area contributed by atoms with Crippen LogP contribution in [0, 0.1) is 0 Å². The summed E-state index contributed by atoms with van der Waals surface area (Å²) >= 11 is 11.7. The number of benzene rings is 1. The fraction of sp³-hybridized carbons (Fsp3) is 0.364. The molecule has 0 spiro atoms. The molecule has 4 nitrogen and oxygen atoms in total. The van der Waals surface area contributed by atoms with Gasteiger partial charge in [0, 0.05) is 25.2 Å². The molecule has 94 valence electrons. The Morgan fingerprint density at radius 1 is 1.47 bits per heavy atom. The Balaban J connectivity index is 2.65. The van der Waals surface area contributed by atoms with Crippen LogP contribution in [0.1, 0.15) is 12.8 Å². The molecular formula is C11H14Cl2N2O2. The summed E-state index contributed by atoms with van der Waals surface area (Å²) in [6, 6.07) is 3.07. The number of carbonyl (C=O) groups excluding carboxylic acids is 1. The van der Waals surface area contributed by atoms with Crippen LogP contribution in [0.15, 0.2) is 12.1 Å². The molecule has 0 heterocycles. The molecule has 1 aromatic carbocycles. The molecule has 0 aromatic heterocycles. The maximum absolute atomic E-state index is 11.6. The zero-order valence-corrected chi connectivity index (χ0v) is 10.9. The second kappa shape index (κ2) is 6.69. The minimum Gasteiger partial charge on any atom is -0.397 e. The second-order valence-electron chi connectivity index (χ2n) is 3.50. The van der Waals surface area contributed by atoms with Crippen LogP contribution in [0.4, 0.5) is 11.4 Å². The normalized spacial score (nSPS) is 10.3. The Morgan fingerprint density at radius 2 is 2.18 bits per heavy atom. The number of amides is 1. The third-order valence-corrected chi connectivity index (χ3v) is 2.62. The van der Waals surface area contributed by atoms with Crippen molar-refractivity contribution in [3.63, 3.8) is 0 Å². The van der Waals surface area contributed by atoms with Gasteiger partial charge in [0.05, 0.1) is 16.4 Å². The van der Waals surface area contributed by atoms with E-state index in [1.54, 1.807) is 7.11 Å². The lowest BCUT2D eigenvalue weighted by Crippen LogP contribution is -2.13. The van der Waals surface area contributed by atoms with E-state index in [9.17, 15) is 4.79 Å². The van der Waals surface area contributed by atoms with Crippen molar-refractivity contribution in [1.82, 2.24) is 0 Å². The summed E-state index contributed by atoms with van der Waals surface area (Å²) in [6.07, 6.45) is 1.000. The van der Waals surface area contributed by atoms with Crippen molar-refractivity contribution in [2.75, 3.05) is 24.8 Å². The predicted molar refractivity (Wildman–Crippen MR) is 70.6 cm³/mol. The molecule has 1 rings (SSSR count). The molecule has 3 N–H and O–H groups in total. The largest absolute Gasteiger partial charge is 0.397 e. The molecule has 0 fully saturated rings. The third kappa shape index (κ3) is 4.42. The first-order valence-corrected chi connectivity index (χ1v) is 5.83. The number of hydrogen-bond donors (Lipinski definition) is 2. The summed E-state index contributed by atoms with van der Waals surface area (Å²) in [7, 11) is 1.59. The van der Waals surface area contributed by atoms with E-state index in [0.717, 1.165) is 0 Å². The van der Waals surface area contributed by atoms with Gasteiger partial charge in [0.15, 0.2) is 0 Å². The fourth-order valence-electron chi connectivity index (χ4n) is 1.30. The minimum absolute atomic E-state index is 0.155. The number of ether oxygens (including phenoxy) is 1. The van der Waals surface area contributed by atoms with E-state index in [4.69, 9.17) is 33.7 Å². The number of hydrogen-bond acceptors (Lipinski definition) is 3. The second-order valence-corrected chi connectivity index (χ2v) is 4.34. The summed E-state index contributed by atoms with van der Waals surface area (Å²) in [5, 5.41) is 3.42. The van der Waals surface area contributed by atoms with Gasteiger partial charge in [0.25, 0.3) is 0 Å². The van der Waals surface area contributed by atoms with Crippen LogP contribution < -0.4 is 11.1 Å².